The highest BCUT2D eigenvalue weighted by atomic mass is 16.3. The van der Waals surface area contributed by atoms with Crippen molar-refractivity contribution >= 4 is 0 Å². The van der Waals surface area contributed by atoms with Gasteiger partial charge in [0, 0.05) is 11.5 Å². The number of allylic oxidation sites excluding steroid dienone is 2. The monoisotopic (exact) mass is 382 g/mol. The van der Waals surface area contributed by atoms with Gasteiger partial charge in [-0.1, -0.05) is 64.5 Å². The van der Waals surface area contributed by atoms with E-state index in [0.717, 1.165) is 11.1 Å². The van der Waals surface area contributed by atoms with Crippen LogP contribution in [0.1, 0.15) is 103 Å². The quantitative estimate of drug-likeness (QED) is 0.387. The minimum atomic E-state index is 0.135. The molecule has 2 nitrogen and oxygen atoms in total. The van der Waals surface area contributed by atoms with Crippen molar-refractivity contribution in [2.75, 3.05) is 0 Å². The fourth-order valence-electron chi connectivity index (χ4n) is 6.59. The van der Waals surface area contributed by atoms with E-state index in [2.05, 4.69) is 33.8 Å². The van der Waals surface area contributed by atoms with Gasteiger partial charge in [-0.05, 0) is 73.0 Å². The Kier molecular flexibility index (Phi) is 5.04. The van der Waals surface area contributed by atoms with Gasteiger partial charge in [-0.15, -0.1) is 0 Å². The zero-order valence-corrected chi connectivity index (χ0v) is 18.2. The van der Waals surface area contributed by atoms with E-state index in [1.54, 1.807) is 0 Å². The van der Waals surface area contributed by atoms with Crippen molar-refractivity contribution in [3.05, 3.63) is 34.9 Å². The summed E-state index contributed by atoms with van der Waals surface area (Å²) in [5, 5.41) is 22.0. The van der Waals surface area contributed by atoms with Crippen molar-refractivity contribution in [2.24, 2.45) is 17.3 Å². The third kappa shape index (κ3) is 2.99. The largest absolute Gasteiger partial charge is 0.507 e. The van der Waals surface area contributed by atoms with Gasteiger partial charge in [0.1, 0.15) is 11.5 Å². The summed E-state index contributed by atoms with van der Waals surface area (Å²) in [5.41, 5.74) is 3.79. The van der Waals surface area contributed by atoms with E-state index < -0.39 is 0 Å². The van der Waals surface area contributed by atoms with Crippen LogP contribution in [0, 0.1) is 17.3 Å². The normalized spacial score (nSPS) is 29.6. The summed E-state index contributed by atoms with van der Waals surface area (Å²) in [6.45, 7) is 9.16. The van der Waals surface area contributed by atoms with Gasteiger partial charge in [0.15, 0.2) is 0 Å². The Labute approximate surface area is 171 Å². The molecule has 0 aliphatic heterocycles. The van der Waals surface area contributed by atoms with Crippen LogP contribution >= 0.6 is 0 Å². The number of unbranched alkanes of at least 4 members (excludes halogenated alkanes) is 3. The number of aromatic hydroxyl groups is 2. The number of benzene rings is 1. The Bertz CT molecular complexity index is 746. The lowest BCUT2D eigenvalue weighted by molar-refractivity contribution is -0.0198. The summed E-state index contributed by atoms with van der Waals surface area (Å²) in [7, 11) is 0. The van der Waals surface area contributed by atoms with Gasteiger partial charge < -0.3 is 10.2 Å². The molecule has 5 rings (SSSR count). The molecule has 28 heavy (non-hydrogen) atoms. The third-order valence-corrected chi connectivity index (χ3v) is 8.67. The second-order valence-corrected chi connectivity index (χ2v) is 10.5. The minimum absolute atomic E-state index is 0.135. The second kappa shape index (κ2) is 7.11. The van der Waals surface area contributed by atoms with Gasteiger partial charge >= 0.3 is 0 Å². The molecule has 1 aromatic carbocycles. The first-order valence-corrected chi connectivity index (χ1v) is 11.5. The Morgan fingerprint density at radius 3 is 2.21 bits per heavy atom. The van der Waals surface area contributed by atoms with Crippen molar-refractivity contribution in [1.29, 1.82) is 0 Å². The summed E-state index contributed by atoms with van der Waals surface area (Å²) in [6.07, 6.45) is 13.4. The van der Waals surface area contributed by atoms with Gasteiger partial charge in [-0.2, -0.15) is 0 Å². The van der Waals surface area contributed by atoms with Crippen molar-refractivity contribution in [3.63, 3.8) is 0 Å². The van der Waals surface area contributed by atoms with Crippen LogP contribution in [-0.4, -0.2) is 10.2 Å². The number of hydrogen-bond acceptors (Lipinski definition) is 2. The number of rotatable bonds is 7. The second-order valence-electron chi connectivity index (χ2n) is 10.5. The lowest BCUT2D eigenvalue weighted by Gasteiger charge is -2.59. The molecular weight excluding hydrogens is 344 g/mol. The van der Waals surface area contributed by atoms with E-state index in [1.807, 2.05) is 12.1 Å². The lowest BCUT2D eigenvalue weighted by atomic mass is 9.45. The van der Waals surface area contributed by atoms with Crippen LogP contribution in [0.15, 0.2) is 23.8 Å². The molecule has 2 bridgehead atoms. The molecule has 4 aliphatic rings. The highest BCUT2D eigenvalue weighted by Gasteiger charge is 2.55. The molecule has 2 saturated carbocycles. The molecule has 0 aromatic heterocycles. The molecule has 1 aromatic rings. The van der Waals surface area contributed by atoms with Crippen molar-refractivity contribution < 1.29 is 10.2 Å². The van der Waals surface area contributed by atoms with Crippen LogP contribution in [0.25, 0.3) is 0 Å². The van der Waals surface area contributed by atoms with Crippen LogP contribution in [0.5, 0.6) is 11.5 Å². The molecule has 3 atom stereocenters. The predicted octanol–water partition coefficient (Wildman–Crippen LogP) is 7.20. The standard InChI is InChI=1S/C26H38O2/c1-5-6-7-8-10-26(11-9-12-26)18-14-22(27)24(23(28)15-18)19-13-17(2)20-16-21(19)25(20,3)4/h13-15,19-21,27-28H,5-12,16H2,1-4H3/t19-,20+,21-/m0/s1. The first-order valence-electron chi connectivity index (χ1n) is 11.5. The van der Waals surface area contributed by atoms with Gasteiger partial charge in [0.2, 0.25) is 0 Å². The SMILES string of the molecule is CCCCCCC1(c2cc(O)c([C@H]3C=C(C)[C@H]4C[C@@H]3C4(C)C)c(O)c2)CCC1. The van der Waals surface area contributed by atoms with Crippen molar-refractivity contribution in [1.82, 2.24) is 0 Å². The van der Waals surface area contributed by atoms with Crippen LogP contribution in [0.4, 0.5) is 0 Å². The van der Waals surface area contributed by atoms with Gasteiger partial charge in [0.25, 0.3) is 0 Å². The highest BCUT2D eigenvalue weighted by molar-refractivity contribution is 5.54. The lowest BCUT2D eigenvalue weighted by Crippen LogP contribution is -2.50. The number of phenolic OH excluding ortho intramolecular Hbond substituents is 2. The maximum absolute atomic E-state index is 11.0. The summed E-state index contributed by atoms with van der Waals surface area (Å²) in [4.78, 5) is 0. The summed E-state index contributed by atoms with van der Waals surface area (Å²) >= 11 is 0. The molecule has 4 aliphatic carbocycles. The van der Waals surface area contributed by atoms with E-state index in [4.69, 9.17) is 0 Å². The Balaban J connectivity index is 1.62. The molecule has 2 N–H and O–H groups in total. The Morgan fingerprint density at radius 2 is 1.71 bits per heavy atom. The number of phenols is 2. The number of hydrogen-bond donors (Lipinski definition) is 2. The topological polar surface area (TPSA) is 40.5 Å². The third-order valence-electron chi connectivity index (χ3n) is 8.67. The maximum Gasteiger partial charge on any atom is 0.123 e. The average molecular weight is 383 g/mol. The van der Waals surface area contributed by atoms with Crippen LogP contribution in [0.2, 0.25) is 0 Å². The first kappa shape index (κ1) is 19.9. The smallest absolute Gasteiger partial charge is 0.123 e. The fraction of sp³-hybridized carbons (Fsp3) is 0.692. The van der Waals surface area contributed by atoms with Crippen molar-refractivity contribution in [3.8, 4) is 11.5 Å². The van der Waals surface area contributed by atoms with E-state index in [1.165, 1.54) is 63.4 Å². The Hall–Kier alpha value is -1.44. The molecule has 2 fully saturated rings. The van der Waals surface area contributed by atoms with E-state index in [0.29, 0.717) is 23.3 Å². The zero-order chi connectivity index (χ0) is 20.1. The van der Waals surface area contributed by atoms with Crippen molar-refractivity contribution in [2.45, 2.75) is 96.8 Å². The van der Waals surface area contributed by atoms with E-state index in [-0.39, 0.29) is 16.7 Å². The molecule has 0 spiro atoms. The zero-order valence-electron chi connectivity index (χ0n) is 18.2. The molecule has 0 radical (unpaired) electrons. The first-order chi connectivity index (χ1) is 13.3. The molecule has 0 heterocycles. The average Bonchev–Trinajstić information content (AvgIpc) is 2.59. The number of fused-ring (bicyclic) bond motifs is 1. The Morgan fingerprint density at radius 1 is 1.04 bits per heavy atom. The molecule has 0 amide bonds. The van der Waals surface area contributed by atoms with Crippen LogP contribution in [0.3, 0.4) is 0 Å². The van der Waals surface area contributed by atoms with E-state index in [9.17, 15) is 10.2 Å². The highest BCUT2D eigenvalue weighted by Crippen LogP contribution is 2.65. The molecule has 0 unspecified atom stereocenters. The summed E-state index contributed by atoms with van der Waals surface area (Å²) < 4.78 is 0. The maximum atomic E-state index is 11.0. The minimum Gasteiger partial charge on any atom is -0.507 e. The van der Waals surface area contributed by atoms with Gasteiger partial charge in [-0.25, -0.2) is 0 Å². The van der Waals surface area contributed by atoms with Gasteiger partial charge in [0.05, 0.1) is 0 Å². The molecular formula is C26H38O2. The molecule has 2 heteroatoms. The van der Waals surface area contributed by atoms with Gasteiger partial charge in [-0.3, -0.25) is 0 Å². The van der Waals surface area contributed by atoms with Crippen LogP contribution < -0.4 is 0 Å². The summed E-state index contributed by atoms with van der Waals surface area (Å²) in [5.74, 6) is 1.93. The predicted molar refractivity (Wildman–Crippen MR) is 116 cm³/mol. The molecule has 154 valence electrons. The van der Waals surface area contributed by atoms with E-state index >= 15 is 0 Å². The molecule has 0 saturated heterocycles. The fourth-order valence-corrected chi connectivity index (χ4v) is 6.59. The van der Waals surface area contributed by atoms with Crippen LogP contribution in [-0.2, 0) is 5.41 Å². The summed E-state index contributed by atoms with van der Waals surface area (Å²) in [6, 6.07) is 3.99.